The third-order valence-corrected chi connectivity index (χ3v) is 4.45. The summed E-state index contributed by atoms with van der Waals surface area (Å²) in [5.74, 6) is 1.37. The standard InChI is InChI=1S/C14H18ClN5/c1-9(10-4-2-3-5-10)20-14(17-18-19-20)12-7-6-11(15)8-13(12)16/h6-10H,2-5,16H2,1H3. The van der Waals surface area contributed by atoms with Crippen LogP contribution in [0.1, 0.15) is 38.6 Å². The zero-order valence-corrected chi connectivity index (χ0v) is 12.2. The number of nitrogens with zero attached hydrogens (tertiary/aromatic N) is 4. The normalized spacial score (nSPS) is 17.5. The van der Waals surface area contributed by atoms with Crippen LogP contribution in [0.5, 0.6) is 0 Å². The Balaban J connectivity index is 1.97. The number of nitrogen functional groups attached to an aromatic ring is 1. The van der Waals surface area contributed by atoms with Crippen LogP contribution in [-0.2, 0) is 0 Å². The summed E-state index contributed by atoms with van der Waals surface area (Å²) in [5, 5.41) is 12.8. The molecule has 0 saturated heterocycles. The van der Waals surface area contributed by atoms with Gasteiger partial charge in [0.2, 0.25) is 0 Å². The second-order valence-electron chi connectivity index (χ2n) is 5.46. The highest BCUT2D eigenvalue weighted by Gasteiger charge is 2.26. The number of nitrogens with two attached hydrogens (primary N) is 1. The number of rotatable bonds is 3. The highest BCUT2D eigenvalue weighted by atomic mass is 35.5. The number of hydrogen-bond acceptors (Lipinski definition) is 4. The van der Waals surface area contributed by atoms with E-state index in [9.17, 15) is 0 Å². The Morgan fingerprint density at radius 2 is 2.10 bits per heavy atom. The van der Waals surface area contributed by atoms with Gasteiger partial charge in [0.25, 0.3) is 0 Å². The first-order chi connectivity index (χ1) is 9.66. The van der Waals surface area contributed by atoms with Crippen molar-refractivity contribution in [2.45, 2.75) is 38.6 Å². The van der Waals surface area contributed by atoms with E-state index in [-0.39, 0.29) is 6.04 Å². The highest BCUT2D eigenvalue weighted by molar-refractivity contribution is 6.31. The molecule has 1 aliphatic carbocycles. The van der Waals surface area contributed by atoms with E-state index in [1.165, 1.54) is 25.7 Å². The molecule has 106 valence electrons. The first-order valence-corrected chi connectivity index (χ1v) is 7.38. The predicted molar refractivity (Wildman–Crippen MR) is 79.3 cm³/mol. The highest BCUT2D eigenvalue weighted by Crippen LogP contribution is 2.36. The molecule has 0 radical (unpaired) electrons. The van der Waals surface area contributed by atoms with Crippen LogP contribution in [0.4, 0.5) is 5.69 Å². The maximum absolute atomic E-state index is 6.04. The zero-order chi connectivity index (χ0) is 14.1. The Hall–Kier alpha value is -1.62. The van der Waals surface area contributed by atoms with E-state index in [4.69, 9.17) is 17.3 Å². The summed E-state index contributed by atoms with van der Waals surface area (Å²) < 4.78 is 1.90. The maximum atomic E-state index is 6.04. The van der Waals surface area contributed by atoms with Crippen LogP contribution < -0.4 is 5.73 Å². The fourth-order valence-corrected chi connectivity index (χ4v) is 3.20. The van der Waals surface area contributed by atoms with Crippen LogP contribution in [-0.4, -0.2) is 20.2 Å². The molecule has 0 spiro atoms. The molecule has 0 aliphatic heterocycles. The van der Waals surface area contributed by atoms with E-state index in [1.807, 2.05) is 16.8 Å². The van der Waals surface area contributed by atoms with E-state index >= 15 is 0 Å². The Morgan fingerprint density at radius 3 is 2.80 bits per heavy atom. The Bertz CT molecular complexity index is 603. The van der Waals surface area contributed by atoms with Crippen molar-refractivity contribution >= 4 is 17.3 Å². The third kappa shape index (κ3) is 2.38. The SMILES string of the molecule is CC(C1CCCC1)n1nnnc1-c1ccc(Cl)cc1N. The van der Waals surface area contributed by atoms with E-state index in [0.29, 0.717) is 16.6 Å². The Labute approximate surface area is 123 Å². The second-order valence-corrected chi connectivity index (χ2v) is 5.90. The molecule has 1 fully saturated rings. The molecule has 1 saturated carbocycles. The molecule has 20 heavy (non-hydrogen) atoms. The Kier molecular flexibility index (Phi) is 3.61. The molecule has 6 heteroatoms. The van der Waals surface area contributed by atoms with Gasteiger partial charge in [-0.25, -0.2) is 4.68 Å². The molecule has 1 heterocycles. The molecule has 1 aromatic carbocycles. The largest absolute Gasteiger partial charge is 0.398 e. The van der Waals surface area contributed by atoms with Gasteiger partial charge in [-0.2, -0.15) is 0 Å². The number of hydrogen-bond donors (Lipinski definition) is 1. The molecular weight excluding hydrogens is 274 g/mol. The van der Waals surface area contributed by atoms with Gasteiger partial charge in [0.05, 0.1) is 6.04 Å². The van der Waals surface area contributed by atoms with E-state index in [1.54, 1.807) is 6.07 Å². The first kappa shape index (κ1) is 13.4. The van der Waals surface area contributed by atoms with Crippen molar-refractivity contribution in [1.82, 2.24) is 20.2 Å². The van der Waals surface area contributed by atoms with Crippen LogP contribution in [0, 0.1) is 5.92 Å². The average molecular weight is 292 g/mol. The number of benzene rings is 1. The third-order valence-electron chi connectivity index (χ3n) is 4.22. The number of aromatic nitrogens is 4. The van der Waals surface area contributed by atoms with Crippen molar-refractivity contribution in [3.05, 3.63) is 23.2 Å². The minimum atomic E-state index is 0.289. The quantitative estimate of drug-likeness (QED) is 0.881. The summed E-state index contributed by atoms with van der Waals surface area (Å²) in [6, 6.07) is 5.71. The molecule has 1 atom stereocenters. The van der Waals surface area contributed by atoms with Crippen molar-refractivity contribution in [1.29, 1.82) is 0 Å². The van der Waals surface area contributed by atoms with E-state index in [2.05, 4.69) is 22.4 Å². The van der Waals surface area contributed by atoms with Crippen LogP contribution in [0.25, 0.3) is 11.4 Å². The van der Waals surface area contributed by atoms with Crippen molar-refractivity contribution < 1.29 is 0 Å². The van der Waals surface area contributed by atoms with E-state index in [0.717, 1.165) is 11.4 Å². The molecule has 2 N–H and O–H groups in total. The van der Waals surface area contributed by atoms with Gasteiger partial charge in [-0.1, -0.05) is 24.4 Å². The number of tetrazole rings is 1. The lowest BCUT2D eigenvalue weighted by molar-refractivity contribution is 0.332. The molecule has 3 rings (SSSR count). The minimum Gasteiger partial charge on any atom is -0.398 e. The molecule has 1 aromatic heterocycles. The van der Waals surface area contributed by atoms with Gasteiger partial charge in [-0.3, -0.25) is 0 Å². The van der Waals surface area contributed by atoms with Crippen molar-refractivity contribution in [3.63, 3.8) is 0 Å². The van der Waals surface area contributed by atoms with Gasteiger partial charge >= 0.3 is 0 Å². The zero-order valence-electron chi connectivity index (χ0n) is 11.5. The van der Waals surface area contributed by atoms with E-state index < -0.39 is 0 Å². The summed E-state index contributed by atoms with van der Waals surface area (Å²) >= 11 is 5.95. The van der Waals surface area contributed by atoms with Gasteiger partial charge in [-0.05, 0) is 54.3 Å². The monoisotopic (exact) mass is 291 g/mol. The molecule has 0 bridgehead atoms. The summed E-state index contributed by atoms with van der Waals surface area (Å²) in [6.45, 7) is 2.18. The van der Waals surface area contributed by atoms with Crippen molar-refractivity contribution in [2.75, 3.05) is 5.73 Å². The lowest BCUT2D eigenvalue weighted by atomic mass is 9.99. The van der Waals surface area contributed by atoms with Gasteiger partial charge < -0.3 is 5.73 Å². The molecule has 5 nitrogen and oxygen atoms in total. The summed E-state index contributed by atoms with van der Waals surface area (Å²) in [5.41, 5.74) is 7.48. The molecule has 1 unspecified atom stereocenters. The van der Waals surface area contributed by atoms with Crippen molar-refractivity contribution in [2.24, 2.45) is 5.92 Å². The summed E-state index contributed by atoms with van der Waals surface area (Å²) in [7, 11) is 0. The molecule has 1 aliphatic rings. The fraction of sp³-hybridized carbons (Fsp3) is 0.500. The maximum Gasteiger partial charge on any atom is 0.184 e. The van der Waals surface area contributed by atoms with Gasteiger partial charge in [0, 0.05) is 16.3 Å². The number of halogens is 1. The molecular formula is C14H18ClN5. The van der Waals surface area contributed by atoms with Gasteiger partial charge in [0.15, 0.2) is 5.82 Å². The molecule has 0 amide bonds. The van der Waals surface area contributed by atoms with Crippen LogP contribution >= 0.6 is 11.6 Å². The minimum absolute atomic E-state index is 0.289. The summed E-state index contributed by atoms with van der Waals surface area (Å²) in [4.78, 5) is 0. The Morgan fingerprint density at radius 1 is 1.35 bits per heavy atom. The average Bonchev–Trinajstić information content (AvgIpc) is 3.09. The first-order valence-electron chi connectivity index (χ1n) is 7.00. The fourth-order valence-electron chi connectivity index (χ4n) is 3.02. The lowest BCUT2D eigenvalue weighted by Gasteiger charge is -2.20. The predicted octanol–water partition coefficient (Wildman–Crippen LogP) is 3.33. The lowest BCUT2D eigenvalue weighted by Crippen LogP contribution is -2.17. The van der Waals surface area contributed by atoms with Crippen LogP contribution in [0.2, 0.25) is 5.02 Å². The van der Waals surface area contributed by atoms with Crippen molar-refractivity contribution in [3.8, 4) is 11.4 Å². The summed E-state index contributed by atoms with van der Waals surface area (Å²) in [6.07, 6.45) is 5.10. The molecule has 2 aromatic rings. The van der Waals surface area contributed by atoms with Crippen LogP contribution in [0.15, 0.2) is 18.2 Å². The van der Waals surface area contributed by atoms with Gasteiger partial charge in [-0.15, -0.1) is 5.10 Å². The second kappa shape index (κ2) is 5.40. The smallest absolute Gasteiger partial charge is 0.184 e. The topological polar surface area (TPSA) is 69.6 Å². The van der Waals surface area contributed by atoms with Crippen LogP contribution in [0.3, 0.4) is 0 Å². The number of anilines is 1. The van der Waals surface area contributed by atoms with Gasteiger partial charge in [0.1, 0.15) is 0 Å².